The summed E-state index contributed by atoms with van der Waals surface area (Å²) in [6, 6.07) is 7.70. The van der Waals surface area contributed by atoms with Crippen LogP contribution in [0.25, 0.3) is 0 Å². The SMILES string of the molecule is Cc1ccc(C(=O)N2CCN(C(=O)CCC3CCNCC3)CC2)cc1.Cl. The third-order valence-electron chi connectivity index (χ3n) is 5.44. The third kappa shape index (κ3) is 5.45. The summed E-state index contributed by atoms with van der Waals surface area (Å²) < 4.78 is 0. The molecule has 2 saturated heterocycles. The van der Waals surface area contributed by atoms with Crippen LogP contribution in [0.15, 0.2) is 24.3 Å². The quantitative estimate of drug-likeness (QED) is 0.874. The molecule has 0 bridgehead atoms. The molecule has 2 amide bonds. The Kier molecular flexibility index (Phi) is 7.91. The van der Waals surface area contributed by atoms with Gasteiger partial charge in [-0.3, -0.25) is 9.59 Å². The van der Waals surface area contributed by atoms with Gasteiger partial charge >= 0.3 is 0 Å². The number of benzene rings is 1. The van der Waals surface area contributed by atoms with Gasteiger partial charge in [0.15, 0.2) is 0 Å². The molecule has 1 aromatic carbocycles. The first-order chi connectivity index (χ1) is 12.1. The molecule has 0 aromatic heterocycles. The maximum absolute atomic E-state index is 12.5. The van der Waals surface area contributed by atoms with E-state index in [-0.39, 0.29) is 24.2 Å². The number of hydrogen-bond acceptors (Lipinski definition) is 3. The fourth-order valence-corrected chi connectivity index (χ4v) is 3.69. The Balaban J connectivity index is 0.00000243. The van der Waals surface area contributed by atoms with Crippen molar-refractivity contribution in [3.63, 3.8) is 0 Å². The van der Waals surface area contributed by atoms with E-state index in [2.05, 4.69) is 5.32 Å². The fraction of sp³-hybridized carbons (Fsp3) is 0.600. The molecule has 2 heterocycles. The number of amides is 2. The summed E-state index contributed by atoms with van der Waals surface area (Å²) in [4.78, 5) is 28.8. The van der Waals surface area contributed by atoms with Crippen LogP contribution in [0, 0.1) is 12.8 Å². The number of halogens is 1. The van der Waals surface area contributed by atoms with Crippen LogP contribution in [0.2, 0.25) is 0 Å². The summed E-state index contributed by atoms with van der Waals surface area (Å²) in [7, 11) is 0. The van der Waals surface area contributed by atoms with E-state index in [1.807, 2.05) is 41.0 Å². The molecule has 0 atom stereocenters. The molecule has 6 heteroatoms. The van der Waals surface area contributed by atoms with Crippen molar-refractivity contribution in [3.8, 4) is 0 Å². The van der Waals surface area contributed by atoms with Crippen LogP contribution in [0.4, 0.5) is 0 Å². The molecule has 2 aliphatic rings. The summed E-state index contributed by atoms with van der Waals surface area (Å²) >= 11 is 0. The number of rotatable bonds is 4. The van der Waals surface area contributed by atoms with Gasteiger partial charge in [-0.25, -0.2) is 0 Å². The highest BCUT2D eigenvalue weighted by molar-refractivity contribution is 5.94. The number of nitrogens with one attached hydrogen (secondary N) is 1. The van der Waals surface area contributed by atoms with E-state index in [9.17, 15) is 9.59 Å². The summed E-state index contributed by atoms with van der Waals surface area (Å²) in [6.07, 6.45) is 4.03. The van der Waals surface area contributed by atoms with Gasteiger partial charge in [0.05, 0.1) is 0 Å². The Morgan fingerprint density at radius 2 is 1.58 bits per heavy atom. The van der Waals surface area contributed by atoms with Crippen molar-refractivity contribution in [2.24, 2.45) is 5.92 Å². The number of carbonyl (C=O) groups is 2. The molecule has 1 aromatic rings. The van der Waals surface area contributed by atoms with Crippen LogP contribution in [-0.4, -0.2) is 60.9 Å². The minimum absolute atomic E-state index is 0. The minimum Gasteiger partial charge on any atom is -0.339 e. The molecule has 5 nitrogen and oxygen atoms in total. The van der Waals surface area contributed by atoms with E-state index in [1.54, 1.807) is 0 Å². The molecule has 0 radical (unpaired) electrons. The van der Waals surface area contributed by atoms with E-state index in [0.717, 1.165) is 30.6 Å². The smallest absolute Gasteiger partial charge is 0.253 e. The number of nitrogens with zero attached hydrogens (tertiary/aromatic N) is 2. The van der Waals surface area contributed by atoms with Crippen molar-refractivity contribution in [1.29, 1.82) is 0 Å². The van der Waals surface area contributed by atoms with E-state index < -0.39 is 0 Å². The normalized spacial score (nSPS) is 18.3. The summed E-state index contributed by atoms with van der Waals surface area (Å²) in [5, 5.41) is 3.36. The first-order valence-electron chi connectivity index (χ1n) is 9.48. The molecule has 0 unspecified atom stereocenters. The highest BCUT2D eigenvalue weighted by Gasteiger charge is 2.25. The summed E-state index contributed by atoms with van der Waals surface area (Å²) in [6.45, 7) is 6.75. The molecule has 0 saturated carbocycles. The van der Waals surface area contributed by atoms with Crippen LogP contribution in [0.5, 0.6) is 0 Å². The van der Waals surface area contributed by atoms with Crippen molar-refractivity contribution < 1.29 is 9.59 Å². The third-order valence-corrected chi connectivity index (χ3v) is 5.44. The topological polar surface area (TPSA) is 52.7 Å². The van der Waals surface area contributed by atoms with Crippen molar-refractivity contribution in [3.05, 3.63) is 35.4 Å². The van der Waals surface area contributed by atoms with E-state index >= 15 is 0 Å². The first kappa shape index (κ1) is 20.7. The second-order valence-electron chi connectivity index (χ2n) is 7.27. The van der Waals surface area contributed by atoms with Gasteiger partial charge in [0, 0.05) is 38.2 Å². The molecule has 0 spiro atoms. The largest absolute Gasteiger partial charge is 0.339 e. The van der Waals surface area contributed by atoms with Crippen LogP contribution in [-0.2, 0) is 4.79 Å². The summed E-state index contributed by atoms with van der Waals surface area (Å²) in [5.41, 5.74) is 1.89. The molecule has 1 N–H and O–H groups in total. The fourth-order valence-electron chi connectivity index (χ4n) is 3.69. The average Bonchev–Trinajstić information content (AvgIpc) is 2.67. The van der Waals surface area contributed by atoms with Gasteiger partial charge in [-0.1, -0.05) is 17.7 Å². The van der Waals surface area contributed by atoms with Crippen LogP contribution >= 0.6 is 12.4 Å². The van der Waals surface area contributed by atoms with Crippen LogP contribution < -0.4 is 5.32 Å². The molecule has 2 fully saturated rings. The van der Waals surface area contributed by atoms with Gasteiger partial charge in [0.2, 0.25) is 5.91 Å². The Bertz CT molecular complexity index is 592. The summed E-state index contributed by atoms with van der Waals surface area (Å²) in [5.74, 6) is 1.01. The van der Waals surface area contributed by atoms with E-state index in [4.69, 9.17) is 0 Å². The van der Waals surface area contributed by atoms with Gasteiger partial charge in [-0.15, -0.1) is 12.4 Å². The molecule has 144 valence electrons. The lowest BCUT2D eigenvalue weighted by molar-refractivity contribution is -0.133. The zero-order valence-corrected chi connectivity index (χ0v) is 16.4. The predicted molar refractivity (Wildman–Crippen MR) is 106 cm³/mol. The van der Waals surface area contributed by atoms with E-state index in [1.165, 1.54) is 12.8 Å². The number of hydrogen-bond donors (Lipinski definition) is 1. The Morgan fingerprint density at radius 3 is 2.19 bits per heavy atom. The maximum atomic E-state index is 12.5. The highest BCUT2D eigenvalue weighted by Crippen LogP contribution is 2.19. The Hall–Kier alpha value is -1.59. The standard InChI is InChI=1S/C20H29N3O2.ClH/c1-16-2-5-18(6-3-16)20(25)23-14-12-22(13-15-23)19(24)7-4-17-8-10-21-11-9-17;/h2-3,5-6,17,21H,4,7-15H2,1H3;1H. The molecule has 26 heavy (non-hydrogen) atoms. The van der Waals surface area contributed by atoms with Gasteiger partial charge in [0.25, 0.3) is 5.91 Å². The molecular weight excluding hydrogens is 350 g/mol. The average molecular weight is 380 g/mol. The maximum Gasteiger partial charge on any atom is 0.253 e. The molecule has 2 aliphatic heterocycles. The monoisotopic (exact) mass is 379 g/mol. The van der Waals surface area contributed by atoms with Gasteiger partial charge < -0.3 is 15.1 Å². The second kappa shape index (κ2) is 9.93. The zero-order valence-electron chi connectivity index (χ0n) is 15.6. The van der Waals surface area contributed by atoms with Crippen LogP contribution in [0.1, 0.15) is 41.6 Å². The minimum atomic E-state index is 0. The lowest BCUT2D eigenvalue weighted by Gasteiger charge is -2.35. The highest BCUT2D eigenvalue weighted by atomic mass is 35.5. The molecule has 3 rings (SSSR count). The number of piperidine rings is 1. The zero-order chi connectivity index (χ0) is 17.6. The van der Waals surface area contributed by atoms with Crippen LogP contribution in [0.3, 0.4) is 0 Å². The molecule has 0 aliphatic carbocycles. The lowest BCUT2D eigenvalue weighted by atomic mass is 9.93. The first-order valence-corrected chi connectivity index (χ1v) is 9.48. The van der Waals surface area contributed by atoms with Gasteiger partial charge in [-0.2, -0.15) is 0 Å². The van der Waals surface area contributed by atoms with E-state index in [0.29, 0.717) is 38.5 Å². The molecular formula is C20H30ClN3O2. The number of carbonyl (C=O) groups excluding carboxylic acids is 2. The van der Waals surface area contributed by atoms with Crippen molar-refractivity contribution >= 4 is 24.2 Å². The predicted octanol–water partition coefficient (Wildman–Crippen LogP) is 2.48. The van der Waals surface area contributed by atoms with Crippen molar-refractivity contribution in [1.82, 2.24) is 15.1 Å². The van der Waals surface area contributed by atoms with Crippen molar-refractivity contribution in [2.45, 2.75) is 32.6 Å². The number of piperazine rings is 1. The number of aryl methyl sites for hydroxylation is 1. The lowest BCUT2D eigenvalue weighted by Crippen LogP contribution is -2.50. The van der Waals surface area contributed by atoms with Gasteiger partial charge in [-0.05, 0) is 57.3 Å². The van der Waals surface area contributed by atoms with Crippen molar-refractivity contribution in [2.75, 3.05) is 39.3 Å². The Labute approximate surface area is 162 Å². The second-order valence-corrected chi connectivity index (χ2v) is 7.27. The van der Waals surface area contributed by atoms with Gasteiger partial charge in [0.1, 0.15) is 0 Å². The Morgan fingerprint density at radius 1 is 1.00 bits per heavy atom.